The molecule has 0 radical (unpaired) electrons. The van der Waals surface area contributed by atoms with E-state index in [2.05, 4.69) is 20.7 Å². The lowest BCUT2D eigenvalue weighted by Crippen LogP contribution is -2.17. The topological polar surface area (TPSA) is 60.4 Å². The highest BCUT2D eigenvalue weighted by molar-refractivity contribution is 9.09. The lowest BCUT2D eigenvalue weighted by molar-refractivity contribution is -0.157. The van der Waals surface area contributed by atoms with E-state index in [1.54, 1.807) is 0 Å². The molecule has 0 saturated carbocycles. The first-order valence-electron chi connectivity index (χ1n) is 1.95. The molecule has 0 aliphatic carbocycles. The molecule has 0 amide bonds. The summed E-state index contributed by atoms with van der Waals surface area (Å²) < 4.78 is 3.70. The van der Waals surface area contributed by atoms with Crippen LogP contribution in [0.5, 0.6) is 0 Å². The Morgan fingerprint density at radius 3 is 2.44 bits per heavy atom. The van der Waals surface area contributed by atoms with Gasteiger partial charge in [0.1, 0.15) is 0 Å². The molecule has 0 saturated heterocycles. The molecule has 0 aromatic rings. The fourth-order valence-electron chi connectivity index (χ4n) is 0.164. The molecule has 0 aromatic carbocycles. The van der Waals surface area contributed by atoms with Gasteiger partial charge in [-0.25, -0.2) is 4.79 Å². The molecule has 0 N–H and O–H groups in total. The van der Waals surface area contributed by atoms with Crippen molar-refractivity contribution in [3.63, 3.8) is 0 Å². The highest BCUT2D eigenvalue weighted by Crippen LogP contribution is 1.84. The number of carbonyl (C=O) groups excluding carboxylic acids is 3. The van der Waals surface area contributed by atoms with Crippen molar-refractivity contribution in [3.05, 3.63) is 0 Å². The van der Waals surface area contributed by atoms with Gasteiger partial charge in [-0.2, -0.15) is 0 Å². The second-order valence-corrected chi connectivity index (χ2v) is 1.62. The highest BCUT2D eigenvalue weighted by Gasteiger charge is 2.11. The number of halogens is 1. The summed E-state index contributed by atoms with van der Waals surface area (Å²) in [6.07, 6.45) is 0. The van der Waals surface area contributed by atoms with Gasteiger partial charge in [0.25, 0.3) is 5.78 Å². The van der Waals surface area contributed by atoms with Gasteiger partial charge in [-0.05, 0) is 0 Å². The summed E-state index contributed by atoms with van der Waals surface area (Å²) in [7, 11) is 0. The molecule has 50 valence electrons. The minimum Gasteiger partial charge on any atom is -0.390 e. The van der Waals surface area contributed by atoms with Crippen molar-refractivity contribution in [3.8, 4) is 0 Å². The van der Waals surface area contributed by atoms with Crippen LogP contribution in [-0.4, -0.2) is 23.6 Å². The van der Waals surface area contributed by atoms with Crippen LogP contribution < -0.4 is 0 Å². The average molecular weight is 195 g/mol. The smallest absolute Gasteiger partial charge is 0.382 e. The summed E-state index contributed by atoms with van der Waals surface area (Å²) in [4.78, 5) is 29.8. The fourth-order valence-corrected chi connectivity index (χ4v) is 0.393. The molecule has 0 aromatic heterocycles. The van der Waals surface area contributed by atoms with Gasteiger partial charge < -0.3 is 4.74 Å². The monoisotopic (exact) mass is 194 g/mol. The van der Waals surface area contributed by atoms with Crippen LogP contribution in [0.2, 0.25) is 0 Å². The van der Waals surface area contributed by atoms with Crippen LogP contribution in [0.25, 0.3) is 0 Å². The molecule has 0 atom stereocenters. The van der Waals surface area contributed by atoms with Crippen molar-refractivity contribution < 1.29 is 19.1 Å². The zero-order chi connectivity index (χ0) is 7.28. The summed E-state index contributed by atoms with van der Waals surface area (Å²) in [5.74, 6) is -1.91. The van der Waals surface area contributed by atoms with Crippen molar-refractivity contribution in [2.75, 3.05) is 5.33 Å². The molecule has 0 heterocycles. The summed E-state index contributed by atoms with van der Waals surface area (Å²) in [6, 6.07) is 0. The van der Waals surface area contributed by atoms with E-state index in [4.69, 9.17) is 0 Å². The second-order valence-electron chi connectivity index (χ2n) is 1.06. The molecule has 0 rings (SSSR count). The van der Waals surface area contributed by atoms with Crippen LogP contribution in [0.4, 0.5) is 0 Å². The molecule has 0 spiro atoms. The van der Waals surface area contributed by atoms with E-state index in [0.29, 0.717) is 0 Å². The predicted molar refractivity (Wildman–Crippen MR) is 31.0 cm³/mol. The van der Waals surface area contributed by atoms with Gasteiger partial charge in [0.2, 0.25) is 0 Å². The van der Waals surface area contributed by atoms with Gasteiger partial charge in [0.05, 0.1) is 5.33 Å². The maximum atomic E-state index is 10.2. The normalized spacial score (nSPS) is 8.11. The number of hydrogen-bond donors (Lipinski definition) is 0. The first-order valence-corrected chi connectivity index (χ1v) is 3.08. The maximum Gasteiger partial charge on any atom is 0.382 e. The average Bonchev–Trinajstić information content (AvgIpc) is 1.87. The molecule has 0 fully saturated rings. The van der Waals surface area contributed by atoms with Crippen molar-refractivity contribution in [1.82, 2.24) is 0 Å². The van der Waals surface area contributed by atoms with E-state index in [1.807, 2.05) is 0 Å². The number of hydrogen-bond acceptors (Lipinski definition) is 4. The van der Waals surface area contributed by atoms with Crippen molar-refractivity contribution >= 4 is 34.2 Å². The van der Waals surface area contributed by atoms with Crippen LogP contribution in [0.1, 0.15) is 0 Å². The maximum absolute atomic E-state index is 10.2. The van der Waals surface area contributed by atoms with Gasteiger partial charge in [-0.3, -0.25) is 9.59 Å². The van der Waals surface area contributed by atoms with Crippen molar-refractivity contribution in [2.24, 2.45) is 0 Å². The summed E-state index contributed by atoms with van der Waals surface area (Å²) in [6.45, 7) is -0.0805. The van der Waals surface area contributed by atoms with Crippen molar-refractivity contribution in [1.29, 1.82) is 0 Å². The highest BCUT2D eigenvalue weighted by atomic mass is 79.9. The number of ketones is 1. The Morgan fingerprint density at radius 2 is 2.11 bits per heavy atom. The first-order chi connectivity index (χ1) is 4.22. The summed E-state index contributed by atoms with van der Waals surface area (Å²) in [5, 5.41) is -0.125. The zero-order valence-corrected chi connectivity index (χ0v) is 5.88. The Morgan fingerprint density at radius 1 is 1.56 bits per heavy atom. The number of carbonyl (C=O) groups is 3. The van der Waals surface area contributed by atoms with Gasteiger partial charge >= 0.3 is 12.4 Å². The van der Waals surface area contributed by atoms with E-state index in [9.17, 15) is 14.4 Å². The first kappa shape index (κ1) is 8.29. The lowest BCUT2D eigenvalue weighted by atomic mass is 10.5. The molecule has 0 unspecified atom stereocenters. The van der Waals surface area contributed by atoms with Crippen molar-refractivity contribution in [2.45, 2.75) is 0 Å². The SMILES string of the molecule is O=COC(=O)C(=O)CBr. The molecule has 0 aliphatic rings. The second kappa shape index (κ2) is 4.20. The molecule has 0 bridgehead atoms. The number of alkyl halides is 1. The Bertz CT molecular complexity index is 142. The minimum atomic E-state index is -1.14. The van der Waals surface area contributed by atoms with E-state index in [0.717, 1.165) is 0 Å². The summed E-state index contributed by atoms with van der Waals surface area (Å²) in [5.41, 5.74) is 0. The molecule has 0 aliphatic heterocycles. The number of rotatable bonds is 3. The quantitative estimate of drug-likeness (QED) is 0.203. The number of esters is 1. The number of Topliss-reactive ketones (excluding diaryl/α,β-unsaturated/α-hetero) is 1. The Hall–Kier alpha value is -0.710. The predicted octanol–water partition coefficient (Wildman–Crippen LogP) is -0.350. The Kier molecular flexibility index (Phi) is 3.87. The van der Waals surface area contributed by atoms with Gasteiger partial charge in [-0.1, -0.05) is 15.9 Å². The third kappa shape index (κ3) is 2.97. The lowest BCUT2D eigenvalue weighted by Gasteiger charge is -1.88. The molecular formula is C4H3BrO4. The van der Waals surface area contributed by atoms with Gasteiger partial charge in [0.15, 0.2) is 0 Å². The van der Waals surface area contributed by atoms with E-state index < -0.39 is 11.8 Å². The van der Waals surface area contributed by atoms with Gasteiger partial charge in [-0.15, -0.1) is 0 Å². The number of ether oxygens (including phenoxy) is 1. The van der Waals surface area contributed by atoms with Crippen LogP contribution in [0.3, 0.4) is 0 Å². The Balaban J connectivity index is 3.73. The fraction of sp³-hybridized carbons (Fsp3) is 0.250. The summed E-state index contributed by atoms with van der Waals surface area (Å²) >= 11 is 2.72. The standard InChI is InChI=1S/C4H3BrO4/c5-1-3(7)4(8)9-2-6/h2H,1H2. The molecule has 5 heteroatoms. The molecular weight excluding hydrogens is 192 g/mol. The van der Waals surface area contributed by atoms with Crippen LogP contribution in [-0.2, 0) is 19.1 Å². The third-order valence-corrected chi connectivity index (χ3v) is 1.01. The largest absolute Gasteiger partial charge is 0.390 e. The van der Waals surface area contributed by atoms with Crippen LogP contribution in [0, 0.1) is 0 Å². The molecule has 4 nitrogen and oxygen atoms in total. The van der Waals surface area contributed by atoms with E-state index in [-0.39, 0.29) is 11.8 Å². The van der Waals surface area contributed by atoms with E-state index in [1.165, 1.54) is 0 Å². The Labute approximate surface area is 59.3 Å². The zero-order valence-electron chi connectivity index (χ0n) is 4.30. The van der Waals surface area contributed by atoms with E-state index >= 15 is 0 Å². The van der Waals surface area contributed by atoms with Gasteiger partial charge in [0, 0.05) is 0 Å². The van der Waals surface area contributed by atoms with Crippen LogP contribution in [0.15, 0.2) is 0 Å². The minimum absolute atomic E-state index is 0.0805. The molecule has 9 heavy (non-hydrogen) atoms. The van der Waals surface area contributed by atoms with Crippen LogP contribution >= 0.6 is 15.9 Å². The third-order valence-electron chi connectivity index (χ3n) is 0.504.